The van der Waals surface area contributed by atoms with E-state index in [-0.39, 0.29) is 17.3 Å². The fraction of sp³-hybridized carbons (Fsp3) is 0.263. The van der Waals surface area contributed by atoms with Crippen molar-refractivity contribution in [3.63, 3.8) is 0 Å². The minimum atomic E-state index is -3.68. The predicted octanol–water partition coefficient (Wildman–Crippen LogP) is 3.25. The number of hydrogen-bond donors (Lipinski definition) is 1. The Morgan fingerprint density at radius 2 is 1.96 bits per heavy atom. The van der Waals surface area contributed by atoms with Crippen LogP contribution in [-0.4, -0.2) is 31.7 Å². The number of nitrogens with zero attached hydrogens (tertiary/aromatic N) is 2. The van der Waals surface area contributed by atoms with Crippen LogP contribution in [0.2, 0.25) is 5.02 Å². The van der Waals surface area contributed by atoms with E-state index in [2.05, 4.69) is 5.32 Å². The molecule has 0 aliphatic carbocycles. The highest BCUT2D eigenvalue weighted by molar-refractivity contribution is 7.89. The van der Waals surface area contributed by atoms with Crippen molar-refractivity contribution >= 4 is 33.2 Å². The van der Waals surface area contributed by atoms with Gasteiger partial charge in [0.25, 0.3) is 0 Å². The van der Waals surface area contributed by atoms with Gasteiger partial charge in [0, 0.05) is 23.8 Å². The van der Waals surface area contributed by atoms with E-state index in [9.17, 15) is 13.2 Å². The maximum absolute atomic E-state index is 12.8. The van der Waals surface area contributed by atoms with Crippen molar-refractivity contribution in [3.05, 3.63) is 59.1 Å². The lowest BCUT2D eigenvalue weighted by atomic mass is 9.98. The number of hydrogen-bond acceptors (Lipinski definition) is 4. The van der Waals surface area contributed by atoms with Crippen molar-refractivity contribution in [2.24, 2.45) is 5.92 Å². The van der Waals surface area contributed by atoms with Gasteiger partial charge in [0.1, 0.15) is 0 Å². The standard InChI is InChI=1S/C19H18ClN3O3S/c20-16-6-8-18(9-7-16)27(25,26)23-10-2-4-15(13-23)19(24)22-17-5-1-3-14(11-17)12-21/h1,3,5-9,11,15H,2,4,10,13H2,(H,22,24). The van der Waals surface area contributed by atoms with Crippen LogP contribution < -0.4 is 5.32 Å². The van der Waals surface area contributed by atoms with Crippen LogP contribution in [0.15, 0.2) is 53.4 Å². The highest BCUT2D eigenvalue weighted by atomic mass is 35.5. The summed E-state index contributed by atoms with van der Waals surface area (Å²) in [6.45, 7) is 0.493. The average Bonchev–Trinajstić information content (AvgIpc) is 2.68. The minimum absolute atomic E-state index is 0.120. The summed E-state index contributed by atoms with van der Waals surface area (Å²) < 4.78 is 27.0. The van der Waals surface area contributed by atoms with E-state index in [0.29, 0.717) is 35.7 Å². The molecule has 1 aliphatic heterocycles. The van der Waals surface area contributed by atoms with Crippen molar-refractivity contribution in [1.82, 2.24) is 4.31 Å². The molecule has 0 saturated carbocycles. The summed E-state index contributed by atoms with van der Waals surface area (Å²) in [5.41, 5.74) is 0.972. The smallest absolute Gasteiger partial charge is 0.243 e. The summed E-state index contributed by atoms with van der Waals surface area (Å²) in [5.74, 6) is -0.701. The van der Waals surface area contributed by atoms with Crippen molar-refractivity contribution in [2.45, 2.75) is 17.7 Å². The summed E-state index contributed by atoms with van der Waals surface area (Å²) in [4.78, 5) is 12.7. The van der Waals surface area contributed by atoms with Crippen molar-refractivity contribution < 1.29 is 13.2 Å². The number of amides is 1. The first-order valence-corrected chi connectivity index (χ1v) is 10.3. The SMILES string of the molecule is N#Cc1cccc(NC(=O)C2CCCN(S(=O)(=O)c3ccc(Cl)cc3)C2)c1. The molecule has 1 atom stereocenters. The quantitative estimate of drug-likeness (QED) is 0.848. The van der Waals surface area contributed by atoms with Gasteiger partial charge in [0.05, 0.1) is 22.4 Å². The zero-order valence-electron chi connectivity index (χ0n) is 14.4. The second-order valence-corrected chi connectivity index (χ2v) is 8.71. The van der Waals surface area contributed by atoms with Gasteiger partial charge in [-0.25, -0.2) is 8.42 Å². The summed E-state index contributed by atoms with van der Waals surface area (Å²) in [6.07, 6.45) is 1.21. The number of benzene rings is 2. The number of sulfonamides is 1. The first-order chi connectivity index (χ1) is 12.9. The van der Waals surface area contributed by atoms with Gasteiger partial charge < -0.3 is 5.32 Å². The van der Waals surface area contributed by atoms with Crippen LogP contribution in [0.4, 0.5) is 5.69 Å². The van der Waals surface area contributed by atoms with Crippen LogP contribution in [0.5, 0.6) is 0 Å². The lowest BCUT2D eigenvalue weighted by Crippen LogP contribution is -2.43. The second-order valence-electron chi connectivity index (χ2n) is 6.34. The molecule has 0 bridgehead atoms. The Hall–Kier alpha value is -2.40. The molecule has 1 N–H and O–H groups in total. The largest absolute Gasteiger partial charge is 0.326 e. The molecule has 0 aromatic heterocycles. The fourth-order valence-corrected chi connectivity index (χ4v) is 4.69. The molecule has 1 unspecified atom stereocenters. The Bertz CT molecular complexity index is 984. The number of piperidine rings is 1. The first kappa shape index (κ1) is 19.4. The molecule has 1 saturated heterocycles. The van der Waals surface area contributed by atoms with Gasteiger partial charge in [0.2, 0.25) is 15.9 Å². The van der Waals surface area contributed by atoms with Gasteiger partial charge >= 0.3 is 0 Å². The molecule has 8 heteroatoms. The molecule has 0 spiro atoms. The van der Waals surface area contributed by atoms with Gasteiger partial charge in [-0.2, -0.15) is 9.57 Å². The normalized spacial score (nSPS) is 17.9. The Labute approximate surface area is 163 Å². The number of anilines is 1. The second kappa shape index (κ2) is 8.09. The number of nitriles is 1. The minimum Gasteiger partial charge on any atom is -0.326 e. The summed E-state index contributed by atoms with van der Waals surface area (Å²) in [7, 11) is -3.68. The number of halogens is 1. The first-order valence-electron chi connectivity index (χ1n) is 8.47. The average molecular weight is 404 g/mol. The van der Waals surface area contributed by atoms with Gasteiger partial charge in [-0.05, 0) is 55.3 Å². The molecule has 3 rings (SSSR count). The van der Waals surface area contributed by atoms with E-state index in [1.165, 1.54) is 28.6 Å². The van der Waals surface area contributed by atoms with Crippen molar-refractivity contribution in [2.75, 3.05) is 18.4 Å². The summed E-state index contributed by atoms with van der Waals surface area (Å²) >= 11 is 5.83. The van der Waals surface area contributed by atoms with Crippen molar-refractivity contribution in [3.8, 4) is 6.07 Å². The molecule has 0 radical (unpaired) electrons. The van der Waals surface area contributed by atoms with Crippen LogP contribution in [-0.2, 0) is 14.8 Å². The molecular weight excluding hydrogens is 386 g/mol. The molecule has 1 fully saturated rings. The zero-order valence-corrected chi connectivity index (χ0v) is 16.0. The van der Waals surface area contributed by atoms with Gasteiger partial charge in [-0.15, -0.1) is 0 Å². The molecular formula is C19H18ClN3O3S. The lowest BCUT2D eigenvalue weighted by molar-refractivity contribution is -0.120. The molecule has 1 amide bonds. The Morgan fingerprint density at radius 1 is 1.22 bits per heavy atom. The van der Waals surface area contributed by atoms with Crippen LogP contribution >= 0.6 is 11.6 Å². The number of carbonyl (C=O) groups excluding carboxylic acids is 1. The summed E-state index contributed by atoms with van der Waals surface area (Å²) in [5, 5.41) is 12.2. The van der Waals surface area contributed by atoms with E-state index in [1.54, 1.807) is 24.3 Å². The van der Waals surface area contributed by atoms with Gasteiger partial charge in [-0.1, -0.05) is 17.7 Å². The topological polar surface area (TPSA) is 90.3 Å². The van der Waals surface area contributed by atoms with E-state index in [4.69, 9.17) is 16.9 Å². The third-order valence-electron chi connectivity index (χ3n) is 4.47. The summed E-state index contributed by atoms with van der Waals surface area (Å²) in [6, 6.07) is 14.6. The van der Waals surface area contributed by atoms with Gasteiger partial charge in [-0.3, -0.25) is 4.79 Å². The molecule has 140 valence electrons. The maximum atomic E-state index is 12.8. The van der Waals surface area contributed by atoms with Crippen LogP contribution in [0.3, 0.4) is 0 Å². The highest BCUT2D eigenvalue weighted by Crippen LogP contribution is 2.25. The molecule has 2 aromatic rings. The zero-order chi connectivity index (χ0) is 19.4. The number of nitrogens with one attached hydrogen (secondary N) is 1. The molecule has 1 heterocycles. The lowest BCUT2D eigenvalue weighted by Gasteiger charge is -2.31. The Morgan fingerprint density at radius 3 is 2.67 bits per heavy atom. The molecule has 1 aliphatic rings. The van der Waals surface area contributed by atoms with Gasteiger partial charge in [0.15, 0.2) is 0 Å². The Kier molecular flexibility index (Phi) is 5.80. The fourth-order valence-electron chi connectivity index (χ4n) is 3.04. The third kappa shape index (κ3) is 4.48. The van der Waals surface area contributed by atoms with Crippen LogP contribution in [0.1, 0.15) is 18.4 Å². The Balaban J connectivity index is 1.72. The van der Waals surface area contributed by atoms with Crippen molar-refractivity contribution in [1.29, 1.82) is 5.26 Å². The monoisotopic (exact) mass is 403 g/mol. The predicted molar refractivity (Wildman–Crippen MR) is 103 cm³/mol. The van der Waals surface area contributed by atoms with Crippen LogP contribution in [0.25, 0.3) is 0 Å². The molecule has 2 aromatic carbocycles. The van der Waals surface area contributed by atoms with E-state index in [0.717, 1.165) is 0 Å². The highest BCUT2D eigenvalue weighted by Gasteiger charge is 2.33. The van der Waals surface area contributed by atoms with E-state index in [1.807, 2.05) is 6.07 Å². The molecule has 6 nitrogen and oxygen atoms in total. The van der Waals surface area contributed by atoms with Crippen LogP contribution in [0, 0.1) is 17.2 Å². The molecule has 27 heavy (non-hydrogen) atoms. The third-order valence-corrected chi connectivity index (χ3v) is 6.60. The van der Waals surface area contributed by atoms with E-state index < -0.39 is 15.9 Å². The number of carbonyl (C=O) groups is 1. The van der Waals surface area contributed by atoms with E-state index >= 15 is 0 Å². The maximum Gasteiger partial charge on any atom is 0.243 e. The number of rotatable bonds is 4.